The SMILES string of the molecule is C[C@@H](NC(=O)C1C[C@H]1c1ncc2ccccn12)c1cc2cc(F)ccc2o1. The lowest BCUT2D eigenvalue weighted by molar-refractivity contribution is -0.123. The quantitative estimate of drug-likeness (QED) is 0.591. The number of aromatic nitrogens is 2. The van der Waals surface area contributed by atoms with Crippen molar-refractivity contribution in [2.75, 3.05) is 0 Å². The summed E-state index contributed by atoms with van der Waals surface area (Å²) >= 11 is 0. The molecule has 1 unspecified atom stereocenters. The molecule has 1 N–H and O–H groups in total. The smallest absolute Gasteiger partial charge is 0.224 e. The van der Waals surface area contributed by atoms with Gasteiger partial charge in [0.15, 0.2) is 0 Å². The average molecular weight is 363 g/mol. The van der Waals surface area contributed by atoms with Crippen LogP contribution in [0.1, 0.15) is 36.9 Å². The third-order valence-electron chi connectivity index (χ3n) is 5.21. The van der Waals surface area contributed by atoms with E-state index in [0.29, 0.717) is 16.7 Å². The molecule has 27 heavy (non-hydrogen) atoms. The fraction of sp³-hybridized carbons (Fsp3) is 0.238. The number of carbonyl (C=O) groups is 1. The zero-order valence-electron chi connectivity index (χ0n) is 14.7. The van der Waals surface area contributed by atoms with Gasteiger partial charge in [-0.2, -0.15) is 0 Å². The average Bonchev–Trinajstić information content (AvgIpc) is 3.16. The van der Waals surface area contributed by atoms with E-state index in [0.717, 1.165) is 17.8 Å². The number of hydrogen-bond donors (Lipinski definition) is 1. The van der Waals surface area contributed by atoms with Crippen molar-refractivity contribution in [3.8, 4) is 0 Å². The fourth-order valence-corrected chi connectivity index (χ4v) is 3.65. The number of pyridine rings is 1. The predicted octanol–water partition coefficient (Wildman–Crippen LogP) is 4.20. The second kappa shape index (κ2) is 5.94. The summed E-state index contributed by atoms with van der Waals surface area (Å²) in [6, 6.07) is 11.8. The Bertz CT molecular complexity index is 1160. The number of hydrogen-bond acceptors (Lipinski definition) is 3. The topological polar surface area (TPSA) is 59.5 Å². The van der Waals surface area contributed by atoms with Gasteiger partial charge in [-0.1, -0.05) is 6.07 Å². The highest BCUT2D eigenvalue weighted by Crippen LogP contribution is 2.47. The lowest BCUT2D eigenvalue weighted by Gasteiger charge is -2.11. The maximum absolute atomic E-state index is 13.3. The molecule has 1 aromatic carbocycles. The molecule has 0 saturated heterocycles. The lowest BCUT2D eigenvalue weighted by atomic mass is 10.2. The molecule has 1 saturated carbocycles. The molecule has 0 spiro atoms. The van der Waals surface area contributed by atoms with Crippen molar-refractivity contribution in [3.63, 3.8) is 0 Å². The Balaban J connectivity index is 1.30. The normalized spacial score (nSPS) is 20.1. The van der Waals surface area contributed by atoms with E-state index in [1.165, 1.54) is 12.1 Å². The minimum atomic E-state index is -0.306. The van der Waals surface area contributed by atoms with E-state index in [-0.39, 0.29) is 29.6 Å². The molecular formula is C21H18FN3O2. The Morgan fingerprint density at radius 2 is 2.22 bits per heavy atom. The Morgan fingerprint density at radius 1 is 1.33 bits per heavy atom. The second-order valence-corrected chi connectivity index (χ2v) is 7.12. The van der Waals surface area contributed by atoms with Gasteiger partial charge < -0.3 is 14.1 Å². The first-order valence-corrected chi connectivity index (χ1v) is 9.01. The van der Waals surface area contributed by atoms with Crippen LogP contribution in [0.4, 0.5) is 4.39 Å². The molecule has 1 aliphatic rings. The van der Waals surface area contributed by atoms with Crippen molar-refractivity contribution < 1.29 is 13.6 Å². The summed E-state index contributed by atoms with van der Waals surface area (Å²) in [4.78, 5) is 17.1. The molecule has 0 radical (unpaired) electrons. The summed E-state index contributed by atoms with van der Waals surface area (Å²) in [7, 11) is 0. The molecule has 0 bridgehead atoms. The van der Waals surface area contributed by atoms with Crippen LogP contribution in [0.15, 0.2) is 59.3 Å². The molecule has 0 aliphatic heterocycles. The molecule has 3 heterocycles. The number of halogens is 1. The number of imidazole rings is 1. The van der Waals surface area contributed by atoms with Crippen molar-refractivity contribution in [2.45, 2.75) is 25.3 Å². The summed E-state index contributed by atoms with van der Waals surface area (Å²) < 4.78 is 21.1. The molecule has 1 amide bonds. The van der Waals surface area contributed by atoms with Crippen LogP contribution in [0.25, 0.3) is 16.5 Å². The predicted molar refractivity (Wildman–Crippen MR) is 98.8 cm³/mol. The second-order valence-electron chi connectivity index (χ2n) is 7.12. The third-order valence-corrected chi connectivity index (χ3v) is 5.21. The summed E-state index contributed by atoms with van der Waals surface area (Å²) in [5.74, 6) is 1.28. The number of nitrogens with one attached hydrogen (secondary N) is 1. The first-order chi connectivity index (χ1) is 13.1. The van der Waals surface area contributed by atoms with Crippen LogP contribution < -0.4 is 5.32 Å². The van der Waals surface area contributed by atoms with E-state index in [2.05, 4.69) is 10.3 Å². The maximum atomic E-state index is 13.3. The first-order valence-electron chi connectivity index (χ1n) is 9.01. The van der Waals surface area contributed by atoms with E-state index >= 15 is 0 Å². The number of amides is 1. The number of benzene rings is 1. The van der Waals surface area contributed by atoms with Gasteiger partial charge in [0.05, 0.1) is 17.8 Å². The zero-order chi connectivity index (χ0) is 18.5. The van der Waals surface area contributed by atoms with Gasteiger partial charge in [-0.3, -0.25) is 4.79 Å². The summed E-state index contributed by atoms with van der Waals surface area (Å²) in [6.07, 6.45) is 4.60. The van der Waals surface area contributed by atoms with Crippen LogP contribution in [0, 0.1) is 11.7 Å². The van der Waals surface area contributed by atoms with Crippen molar-refractivity contribution in [2.24, 2.45) is 5.92 Å². The van der Waals surface area contributed by atoms with Gasteiger partial charge in [0.1, 0.15) is 23.0 Å². The van der Waals surface area contributed by atoms with E-state index in [9.17, 15) is 9.18 Å². The molecular weight excluding hydrogens is 345 g/mol. The first kappa shape index (κ1) is 16.1. The zero-order valence-corrected chi connectivity index (χ0v) is 14.7. The number of nitrogens with zero attached hydrogens (tertiary/aromatic N) is 2. The number of fused-ring (bicyclic) bond motifs is 2. The monoisotopic (exact) mass is 363 g/mol. The molecule has 6 heteroatoms. The molecule has 3 atom stereocenters. The van der Waals surface area contributed by atoms with Crippen LogP contribution in [0.3, 0.4) is 0 Å². The van der Waals surface area contributed by atoms with Gasteiger partial charge >= 0.3 is 0 Å². The summed E-state index contributed by atoms with van der Waals surface area (Å²) in [5.41, 5.74) is 1.64. The maximum Gasteiger partial charge on any atom is 0.224 e. The van der Waals surface area contributed by atoms with Gasteiger partial charge in [0.25, 0.3) is 0 Å². The van der Waals surface area contributed by atoms with E-state index in [1.807, 2.05) is 41.9 Å². The van der Waals surface area contributed by atoms with Gasteiger partial charge in [0.2, 0.25) is 5.91 Å². The molecule has 4 aromatic rings. The van der Waals surface area contributed by atoms with Gasteiger partial charge in [-0.15, -0.1) is 0 Å². The molecule has 1 fully saturated rings. The lowest BCUT2D eigenvalue weighted by Crippen LogP contribution is -2.28. The Morgan fingerprint density at radius 3 is 3.11 bits per heavy atom. The Hall–Kier alpha value is -3.15. The van der Waals surface area contributed by atoms with Gasteiger partial charge in [0, 0.05) is 23.4 Å². The molecule has 136 valence electrons. The van der Waals surface area contributed by atoms with Crippen molar-refractivity contribution >= 4 is 22.4 Å². The number of rotatable bonds is 4. The van der Waals surface area contributed by atoms with Gasteiger partial charge in [-0.05, 0) is 49.7 Å². The van der Waals surface area contributed by atoms with Gasteiger partial charge in [-0.25, -0.2) is 9.37 Å². The molecule has 5 nitrogen and oxygen atoms in total. The largest absolute Gasteiger partial charge is 0.459 e. The summed E-state index contributed by atoms with van der Waals surface area (Å²) in [6.45, 7) is 1.87. The van der Waals surface area contributed by atoms with Crippen LogP contribution >= 0.6 is 0 Å². The molecule has 1 aliphatic carbocycles. The highest BCUT2D eigenvalue weighted by Gasteiger charge is 2.46. The highest BCUT2D eigenvalue weighted by molar-refractivity contribution is 5.83. The van der Waals surface area contributed by atoms with Crippen molar-refractivity contribution in [1.82, 2.24) is 14.7 Å². The van der Waals surface area contributed by atoms with Crippen LogP contribution in [0.2, 0.25) is 0 Å². The standard InChI is InChI=1S/C21H18FN3O2/c1-12(19-9-13-8-14(22)5-6-18(13)27-19)24-21(26)17-10-16(17)20-23-11-15-4-2-3-7-25(15)20/h2-9,11-12,16-17H,10H2,1H3,(H,24,26)/t12-,16-,17?/m1/s1. The fourth-order valence-electron chi connectivity index (χ4n) is 3.65. The van der Waals surface area contributed by atoms with Crippen LogP contribution in [0.5, 0.6) is 0 Å². The Labute approximate surface area is 154 Å². The summed E-state index contributed by atoms with van der Waals surface area (Å²) in [5, 5.41) is 3.70. The third kappa shape index (κ3) is 2.77. The van der Waals surface area contributed by atoms with Crippen molar-refractivity contribution in [3.05, 3.63) is 72.3 Å². The van der Waals surface area contributed by atoms with Crippen LogP contribution in [-0.2, 0) is 4.79 Å². The van der Waals surface area contributed by atoms with Crippen LogP contribution in [-0.4, -0.2) is 15.3 Å². The Kier molecular flexibility index (Phi) is 3.53. The van der Waals surface area contributed by atoms with E-state index < -0.39 is 0 Å². The molecule has 5 rings (SSSR count). The number of furan rings is 1. The molecule has 3 aromatic heterocycles. The highest BCUT2D eigenvalue weighted by atomic mass is 19.1. The van der Waals surface area contributed by atoms with E-state index in [1.54, 1.807) is 12.1 Å². The minimum absolute atomic E-state index is 0.00758. The van der Waals surface area contributed by atoms with E-state index in [4.69, 9.17) is 4.42 Å². The van der Waals surface area contributed by atoms with Crippen molar-refractivity contribution in [1.29, 1.82) is 0 Å². The number of carbonyl (C=O) groups excluding carboxylic acids is 1. The minimum Gasteiger partial charge on any atom is -0.459 e.